The van der Waals surface area contributed by atoms with Crippen LogP contribution in [0.5, 0.6) is 11.5 Å². The van der Waals surface area contributed by atoms with Crippen molar-refractivity contribution < 1.29 is 14.3 Å². The molecule has 0 saturated carbocycles. The number of likely N-dealkylation sites (N-methyl/N-ethyl adjacent to an activating group) is 1. The number of halogens is 2. The monoisotopic (exact) mass is 661 g/mol. The molecular weight excluding hydrogens is 634 g/mol. The normalized spacial score (nSPS) is 15.2. The summed E-state index contributed by atoms with van der Waals surface area (Å²) in [4.78, 5) is 34.9. The highest BCUT2D eigenvalue weighted by Gasteiger charge is 2.35. The smallest absolute Gasteiger partial charge is 0.271 e. The summed E-state index contributed by atoms with van der Waals surface area (Å²) in [6.45, 7) is 9.20. The molecule has 1 aliphatic rings. The number of hydrogen-bond donors (Lipinski definition) is 0. The molecule has 0 bridgehead atoms. The van der Waals surface area contributed by atoms with Gasteiger partial charge in [-0.3, -0.25) is 14.2 Å². The van der Waals surface area contributed by atoms with Crippen LogP contribution in [0.2, 0.25) is 0 Å². The third-order valence-electron chi connectivity index (χ3n) is 6.35. The zero-order valence-corrected chi connectivity index (χ0v) is 25.9. The molecule has 0 radical (unpaired) electrons. The maximum absolute atomic E-state index is 14.1. The second-order valence-corrected chi connectivity index (χ2v) is 11.3. The summed E-state index contributed by atoms with van der Waals surface area (Å²) in [5, 5.41) is 0. The van der Waals surface area contributed by atoms with Crippen LogP contribution < -0.4 is 24.4 Å². The maximum atomic E-state index is 14.1. The first-order valence-corrected chi connectivity index (χ1v) is 14.7. The maximum Gasteiger partial charge on any atom is 0.271 e. The van der Waals surface area contributed by atoms with E-state index in [1.807, 2.05) is 70.2 Å². The van der Waals surface area contributed by atoms with Gasteiger partial charge in [0.05, 0.1) is 34.0 Å². The molecule has 38 heavy (non-hydrogen) atoms. The number of benzene rings is 2. The first-order valence-electron chi connectivity index (χ1n) is 12.3. The third kappa shape index (κ3) is 5.26. The van der Waals surface area contributed by atoms with Crippen molar-refractivity contribution in [3.8, 4) is 11.5 Å². The van der Waals surface area contributed by atoms with Crippen LogP contribution in [0.25, 0.3) is 6.08 Å². The zero-order valence-electron chi connectivity index (χ0n) is 21.9. The van der Waals surface area contributed by atoms with Crippen LogP contribution in [-0.4, -0.2) is 42.2 Å². The van der Waals surface area contributed by atoms with E-state index in [-0.39, 0.29) is 11.5 Å². The Morgan fingerprint density at radius 2 is 1.89 bits per heavy atom. The van der Waals surface area contributed by atoms with Gasteiger partial charge in [-0.2, -0.15) is 0 Å². The number of hydrogen-bond acceptors (Lipinski definition) is 6. The second-order valence-electron chi connectivity index (χ2n) is 8.54. The number of fused-ring (bicyclic) bond motifs is 1. The molecule has 0 aliphatic carbocycles. The number of methoxy groups -OCH3 is 1. The largest absolute Gasteiger partial charge is 0.496 e. The van der Waals surface area contributed by atoms with E-state index in [9.17, 15) is 9.59 Å². The van der Waals surface area contributed by atoms with E-state index in [2.05, 4.69) is 31.9 Å². The lowest BCUT2D eigenvalue weighted by atomic mass is 9.94. The van der Waals surface area contributed by atoms with E-state index in [1.54, 1.807) is 16.6 Å². The predicted octanol–water partition coefficient (Wildman–Crippen LogP) is 5.04. The Bertz CT molecular complexity index is 1590. The summed E-state index contributed by atoms with van der Waals surface area (Å²) < 4.78 is 15.3. The zero-order chi connectivity index (χ0) is 27.6. The summed E-state index contributed by atoms with van der Waals surface area (Å²) in [6, 6.07) is 10.6. The standard InChI is InChI=1S/C28H29Br2N3O4S/c1-6-32(7-2)27(35)23-16(4)31-28-33(24(23)19-11-9-10-12-21(19)36-5)26(34)22(38-28)14-17-13-18(29)15-20(30)25(17)37-8-3/h9-15,24H,6-8H2,1-5H3/b22-14+/t24-/m0/s1. The lowest BCUT2D eigenvalue weighted by Gasteiger charge is -2.29. The average molecular weight is 663 g/mol. The van der Waals surface area contributed by atoms with Gasteiger partial charge in [0, 0.05) is 28.7 Å². The third-order valence-corrected chi connectivity index (χ3v) is 8.38. The van der Waals surface area contributed by atoms with Crippen molar-refractivity contribution in [3.63, 3.8) is 0 Å². The number of ether oxygens (including phenoxy) is 2. The molecule has 0 spiro atoms. The highest BCUT2D eigenvalue weighted by molar-refractivity contribution is 9.11. The molecule has 1 aliphatic heterocycles. The minimum atomic E-state index is -0.682. The van der Waals surface area contributed by atoms with Crippen LogP contribution >= 0.6 is 43.2 Å². The Hall–Kier alpha value is -2.69. The summed E-state index contributed by atoms with van der Waals surface area (Å²) in [5.41, 5.74) is 2.30. The van der Waals surface area contributed by atoms with E-state index >= 15 is 0 Å². The molecule has 1 atom stereocenters. The summed E-state index contributed by atoms with van der Waals surface area (Å²) in [5.74, 6) is 1.11. The molecule has 200 valence electrons. The number of carbonyl (C=O) groups excluding carboxylic acids is 1. The predicted molar refractivity (Wildman–Crippen MR) is 158 cm³/mol. The SMILES string of the molecule is CCOc1c(Br)cc(Br)cc1/C=c1/sc2n(c1=O)[C@@H](c1ccccc1OC)C(C(=O)N(CC)CC)=C(C)N=2. The van der Waals surface area contributed by atoms with Gasteiger partial charge in [0.25, 0.3) is 11.5 Å². The van der Waals surface area contributed by atoms with Crippen molar-refractivity contribution in [2.75, 3.05) is 26.8 Å². The number of thiazole rings is 1. The van der Waals surface area contributed by atoms with Gasteiger partial charge in [-0.25, -0.2) is 4.99 Å². The van der Waals surface area contributed by atoms with E-state index in [4.69, 9.17) is 14.5 Å². The van der Waals surface area contributed by atoms with E-state index in [0.717, 1.165) is 20.1 Å². The molecule has 2 aromatic carbocycles. The topological polar surface area (TPSA) is 73.1 Å². The number of aromatic nitrogens is 1. The Morgan fingerprint density at radius 3 is 2.55 bits per heavy atom. The number of allylic oxidation sites excluding steroid dienone is 1. The molecule has 4 rings (SSSR count). The van der Waals surface area contributed by atoms with Gasteiger partial charge in [-0.1, -0.05) is 45.5 Å². The lowest BCUT2D eigenvalue weighted by molar-refractivity contribution is -0.127. The Morgan fingerprint density at radius 1 is 1.18 bits per heavy atom. The van der Waals surface area contributed by atoms with Gasteiger partial charge in [-0.05, 0) is 67.9 Å². The van der Waals surface area contributed by atoms with Crippen molar-refractivity contribution in [1.82, 2.24) is 9.47 Å². The van der Waals surface area contributed by atoms with E-state index < -0.39 is 6.04 Å². The fourth-order valence-electron chi connectivity index (χ4n) is 4.59. The Kier molecular flexibility index (Phi) is 8.95. The highest BCUT2D eigenvalue weighted by Crippen LogP contribution is 2.36. The first kappa shape index (κ1) is 28.3. The molecule has 2 heterocycles. The lowest BCUT2D eigenvalue weighted by Crippen LogP contribution is -2.43. The van der Waals surface area contributed by atoms with Crippen LogP contribution in [0.15, 0.2) is 66.4 Å². The van der Waals surface area contributed by atoms with Crippen molar-refractivity contribution in [3.05, 3.63) is 87.4 Å². The molecule has 1 amide bonds. The average Bonchev–Trinajstić information content (AvgIpc) is 3.19. The van der Waals surface area contributed by atoms with Gasteiger partial charge < -0.3 is 14.4 Å². The van der Waals surface area contributed by atoms with Crippen LogP contribution in [0, 0.1) is 0 Å². The highest BCUT2D eigenvalue weighted by atomic mass is 79.9. The molecular formula is C28H29Br2N3O4S. The Labute approximate surface area is 242 Å². The molecule has 0 saturated heterocycles. The van der Waals surface area contributed by atoms with Crippen LogP contribution in [0.3, 0.4) is 0 Å². The fraction of sp³-hybridized carbons (Fsp3) is 0.321. The van der Waals surface area contributed by atoms with Gasteiger partial charge in [0.2, 0.25) is 0 Å². The first-order chi connectivity index (χ1) is 18.2. The van der Waals surface area contributed by atoms with Crippen LogP contribution in [-0.2, 0) is 4.79 Å². The summed E-state index contributed by atoms with van der Waals surface area (Å²) in [6.07, 6.45) is 1.81. The van der Waals surface area contributed by atoms with Crippen LogP contribution in [0.4, 0.5) is 0 Å². The number of para-hydroxylation sites is 1. The molecule has 0 unspecified atom stereocenters. The molecule has 10 heteroatoms. The molecule has 1 aromatic heterocycles. The fourth-order valence-corrected chi connectivity index (χ4v) is 7.00. The van der Waals surface area contributed by atoms with Crippen molar-refractivity contribution in [2.45, 2.75) is 33.7 Å². The number of amides is 1. The quantitative estimate of drug-likeness (QED) is 0.339. The minimum absolute atomic E-state index is 0.143. The van der Waals surface area contributed by atoms with Gasteiger partial charge in [0.15, 0.2) is 4.80 Å². The summed E-state index contributed by atoms with van der Waals surface area (Å²) >= 11 is 8.39. The van der Waals surface area contributed by atoms with Crippen molar-refractivity contribution in [1.29, 1.82) is 0 Å². The molecule has 0 N–H and O–H groups in total. The van der Waals surface area contributed by atoms with E-state index in [0.29, 0.717) is 51.8 Å². The molecule has 0 fully saturated rings. The molecule has 3 aromatic rings. The van der Waals surface area contributed by atoms with Crippen molar-refractivity contribution >= 4 is 55.2 Å². The number of nitrogens with zero attached hydrogens (tertiary/aromatic N) is 3. The van der Waals surface area contributed by atoms with Gasteiger partial charge >= 0.3 is 0 Å². The number of rotatable bonds is 8. The minimum Gasteiger partial charge on any atom is -0.496 e. The van der Waals surface area contributed by atoms with Gasteiger partial charge in [-0.15, -0.1) is 0 Å². The van der Waals surface area contributed by atoms with Crippen molar-refractivity contribution in [2.24, 2.45) is 4.99 Å². The van der Waals surface area contributed by atoms with E-state index in [1.165, 1.54) is 11.3 Å². The molecule has 7 nitrogen and oxygen atoms in total. The van der Waals surface area contributed by atoms with Crippen LogP contribution in [0.1, 0.15) is 44.9 Å². The van der Waals surface area contributed by atoms with Gasteiger partial charge in [0.1, 0.15) is 17.5 Å². The Balaban J connectivity index is 2.02. The second kappa shape index (κ2) is 12.0. The number of carbonyl (C=O) groups is 1. The summed E-state index contributed by atoms with van der Waals surface area (Å²) in [7, 11) is 1.59.